The van der Waals surface area contributed by atoms with Crippen molar-refractivity contribution in [3.63, 3.8) is 0 Å². The van der Waals surface area contributed by atoms with Gasteiger partial charge in [-0.1, -0.05) is 6.07 Å². The predicted octanol–water partition coefficient (Wildman–Crippen LogP) is 1.09. The third kappa shape index (κ3) is 3.88. The first-order valence-electron chi connectivity index (χ1n) is 11.2. The Bertz CT molecular complexity index is 1210. The van der Waals surface area contributed by atoms with Crippen molar-refractivity contribution in [2.45, 2.75) is 19.4 Å². The number of nitrogens with two attached hydrogens (primary N) is 1. The molecule has 0 aliphatic carbocycles. The van der Waals surface area contributed by atoms with Crippen molar-refractivity contribution in [1.82, 2.24) is 9.47 Å². The van der Waals surface area contributed by atoms with Crippen molar-refractivity contribution in [3.05, 3.63) is 62.9 Å². The number of aromatic nitrogens is 1. The first kappa shape index (κ1) is 22.3. The van der Waals surface area contributed by atoms with Gasteiger partial charge in [-0.15, -0.1) is 0 Å². The number of carbonyl (C=O) groups is 1. The second-order valence-electron chi connectivity index (χ2n) is 8.39. The molecule has 1 fully saturated rings. The van der Waals surface area contributed by atoms with Crippen molar-refractivity contribution in [1.29, 1.82) is 0 Å². The molecule has 0 bridgehead atoms. The highest BCUT2D eigenvalue weighted by Crippen LogP contribution is 2.44. The van der Waals surface area contributed by atoms with Gasteiger partial charge in [-0.25, -0.2) is 4.79 Å². The third-order valence-corrected chi connectivity index (χ3v) is 6.45. The topological polar surface area (TPSA) is 114 Å². The lowest BCUT2D eigenvalue weighted by atomic mass is 9.83. The lowest BCUT2D eigenvalue weighted by molar-refractivity contribution is -0.136. The average Bonchev–Trinajstić information content (AvgIpc) is 3.31. The van der Waals surface area contributed by atoms with Gasteiger partial charge in [0.1, 0.15) is 11.3 Å². The van der Waals surface area contributed by atoms with Crippen LogP contribution in [-0.2, 0) is 20.8 Å². The number of nitrogens with zero attached hydrogens (tertiary/aromatic N) is 2. The summed E-state index contributed by atoms with van der Waals surface area (Å²) in [5.41, 5.74) is 7.75. The molecular weight excluding hydrogens is 442 g/mol. The second-order valence-corrected chi connectivity index (χ2v) is 8.39. The maximum absolute atomic E-state index is 13.9. The summed E-state index contributed by atoms with van der Waals surface area (Å²) in [5.74, 6) is -0.0727. The number of hydrogen-bond acceptors (Lipinski definition) is 9. The van der Waals surface area contributed by atoms with Gasteiger partial charge in [0.25, 0.3) is 5.56 Å². The largest absolute Gasteiger partial charge is 0.465 e. The molecule has 5 rings (SSSR count). The standard InChI is InChI=1S/C24H27N3O7/c1-14-11-18-20(23(28)27(14)6-5-26-7-9-31-10-8-26)19(21(22(25)34-18)24(29)30-2)15-3-4-16-17(12-15)33-13-32-16/h3-4,11-12,19H,5-10,13,25H2,1-2H3. The number of morpholine rings is 1. The van der Waals surface area contributed by atoms with E-state index in [1.165, 1.54) is 7.11 Å². The van der Waals surface area contributed by atoms with Crippen LogP contribution in [0.25, 0.3) is 0 Å². The summed E-state index contributed by atoms with van der Waals surface area (Å²) in [6.45, 7) is 6.20. The maximum Gasteiger partial charge on any atom is 0.340 e. The first-order chi connectivity index (χ1) is 16.5. The summed E-state index contributed by atoms with van der Waals surface area (Å²) in [6.07, 6.45) is 0. The van der Waals surface area contributed by atoms with E-state index in [0.717, 1.165) is 18.8 Å². The van der Waals surface area contributed by atoms with Crippen LogP contribution in [0.2, 0.25) is 0 Å². The fraction of sp³-hybridized carbons (Fsp3) is 0.417. The number of pyridine rings is 1. The summed E-state index contributed by atoms with van der Waals surface area (Å²) < 4.78 is 28.9. The second kappa shape index (κ2) is 9.03. The molecule has 10 heteroatoms. The molecule has 1 saturated heterocycles. The highest BCUT2D eigenvalue weighted by atomic mass is 16.7. The van der Waals surface area contributed by atoms with E-state index in [2.05, 4.69) is 4.90 Å². The Morgan fingerprint density at radius 3 is 2.65 bits per heavy atom. The smallest absolute Gasteiger partial charge is 0.340 e. The third-order valence-electron chi connectivity index (χ3n) is 6.45. The molecule has 10 nitrogen and oxygen atoms in total. The molecule has 0 saturated carbocycles. The van der Waals surface area contributed by atoms with Crippen LogP contribution in [0, 0.1) is 6.92 Å². The zero-order chi connectivity index (χ0) is 23.8. The fourth-order valence-corrected chi connectivity index (χ4v) is 4.67. The Kier molecular flexibility index (Phi) is 5.93. The molecule has 2 aromatic rings. The van der Waals surface area contributed by atoms with Gasteiger partial charge < -0.3 is 34.0 Å². The Hall–Kier alpha value is -3.50. The minimum absolute atomic E-state index is 0.0783. The van der Waals surface area contributed by atoms with Crippen LogP contribution in [0.5, 0.6) is 17.2 Å². The van der Waals surface area contributed by atoms with Gasteiger partial charge in [-0.3, -0.25) is 9.69 Å². The predicted molar refractivity (Wildman–Crippen MR) is 121 cm³/mol. The summed E-state index contributed by atoms with van der Waals surface area (Å²) in [7, 11) is 1.27. The molecule has 180 valence electrons. The minimum atomic E-state index is -0.784. The van der Waals surface area contributed by atoms with Gasteiger partial charge in [0, 0.05) is 37.9 Å². The molecule has 0 amide bonds. The van der Waals surface area contributed by atoms with Crippen LogP contribution in [0.1, 0.15) is 22.7 Å². The maximum atomic E-state index is 13.9. The van der Waals surface area contributed by atoms with Crippen molar-refractivity contribution in [3.8, 4) is 17.2 Å². The number of rotatable bonds is 5. The Morgan fingerprint density at radius 1 is 1.12 bits per heavy atom. The quantitative estimate of drug-likeness (QED) is 0.643. The number of fused-ring (bicyclic) bond motifs is 2. The number of carbonyl (C=O) groups excluding carboxylic acids is 1. The number of aryl methyl sites for hydroxylation is 1. The molecule has 1 atom stereocenters. The Morgan fingerprint density at radius 2 is 1.88 bits per heavy atom. The van der Waals surface area contributed by atoms with Gasteiger partial charge in [0.2, 0.25) is 12.7 Å². The van der Waals surface area contributed by atoms with E-state index in [9.17, 15) is 9.59 Å². The van der Waals surface area contributed by atoms with Gasteiger partial charge >= 0.3 is 5.97 Å². The van der Waals surface area contributed by atoms with Crippen LogP contribution >= 0.6 is 0 Å². The van der Waals surface area contributed by atoms with E-state index in [0.29, 0.717) is 54.7 Å². The SMILES string of the molecule is COC(=O)C1=C(N)Oc2cc(C)n(CCN3CCOCC3)c(=O)c2C1c1ccc2c(c1)OCO2. The molecule has 0 radical (unpaired) electrons. The molecule has 1 aromatic heterocycles. The lowest BCUT2D eigenvalue weighted by Crippen LogP contribution is -2.40. The summed E-state index contributed by atoms with van der Waals surface area (Å²) in [5, 5.41) is 0. The van der Waals surface area contributed by atoms with Crippen LogP contribution in [0.4, 0.5) is 0 Å². The van der Waals surface area contributed by atoms with Crippen molar-refractivity contribution in [2.75, 3.05) is 46.8 Å². The molecule has 4 heterocycles. The summed E-state index contributed by atoms with van der Waals surface area (Å²) in [4.78, 5) is 28.9. The molecule has 2 N–H and O–H groups in total. The number of esters is 1. The van der Waals surface area contributed by atoms with Crippen LogP contribution < -0.4 is 25.5 Å². The zero-order valence-corrected chi connectivity index (χ0v) is 19.2. The van der Waals surface area contributed by atoms with Crippen LogP contribution in [-0.4, -0.2) is 62.2 Å². The van der Waals surface area contributed by atoms with E-state index in [1.54, 1.807) is 28.8 Å². The van der Waals surface area contributed by atoms with Crippen LogP contribution in [0.15, 0.2) is 40.5 Å². The molecule has 3 aliphatic heterocycles. The fourth-order valence-electron chi connectivity index (χ4n) is 4.67. The summed E-state index contributed by atoms with van der Waals surface area (Å²) >= 11 is 0. The number of ether oxygens (including phenoxy) is 5. The average molecular weight is 469 g/mol. The first-order valence-corrected chi connectivity index (χ1v) is 11.2. The summed E-state index contributed by atoms with van der Waals surface area (Å²) in [6, 6.07) is 7.09. The van der Waals surface area contributed by atoms with Crippen molar-refractivity contribution in [2.24, 2.45) is 5.73 Å². The van der Waals surface area contributed by atoms with E-state index in [1.807, 2.05) is 6.92 Å². The highest BCUT2D eigenvalue weighted by molar-refractivity contribution is 5.92. The van der Waals surface area contributed by atoms with Gasteiger partial charge in [0.05, 0.1) is 31.8 Å². The molecule has 1 unspecified atom stereocenters. The van der Waals surface area contributed by atoms with Crippen molar-refractivity contribution >= 4 is 5.97 Å². The zero-order valence-electron chi connectivity index (χ0n) is 19.2. The number of benzene rings is 1. The van der Waals surface area contributed by atoms with Gasteiger partial charge in [0.15, 0.2) is 11.5 Å². The van der Waals surface area contributed by atoms with Crippen molar-refractivity contribution < 1.29 is 28.5 Å². The number of hydrogen-bond donors (Lipinski definition) is 1. The molecule has 0 spiro atoms. The minimum Gasteiger partial charge on any atom is -0.465 e. The molecule has 34 heavy (non-hydrogen) atoms. The highest BCUT2D eigenvalue weighted by Gasteiger charge is 2.39. The number of methoxy groups -OCH3 is 1. The van der Waals surface area contributed by atoms with Gasteiger partial charge in [-0.05, 0) is 24.6 Å². The Labute approximate surface area is 196 Å². The van der Waals surface area contributed by atoms with E-state index >= 15 is 0 Å². The van der Waals surface area contributed by atoms with E-state index < -0.39 is 11.9 Å². The molecule has 1 aromatic carbocycles. The molecule has 3 aliphatic rings. The molecular formula is C24H27N3O7. The van der Waals surface area contributed by atoms with E-state index in [4.69, 9.17) is 29.4 Å². The monoisotopic (exact) mass is 469 g/mol. The van der Waals surface area contributed by atoms with Gasteiger partial charge in [-0.2, -0.15) is 0 Å². The normalized spacial score (nSPS) is 19.5. The lowest BCUT2D eigenvalue weighted by Gasteiger charge is -2.30. The van der Waals surface area contributed by atoms with Crippen LogP contribution in [0.3, 0.4) is 0 Å². The Balaban J connectivity index is 1.60. The van der Waals surface area contributed by atoms with E-state index in [-0.39, 0.29) is 23.8 Å².